The lowest BCUT2D eigenvalue weighted by atomic mass is 10.1. The number of rotatable bonds is 4. The second-order valence-electron chi connectivity index (χ2n) is 6.20. The molecule has 2 aromatic heterocycles. The third-order valence-electron chi connectivity index (χ3n) is 4.16. The van der Waals surface area contributed by atoms with Crippen LogP contribution in [0.25, 0.3) is 0 Å². The van der Waals surface area contributed by atoms with Crippen LogP contribution >= 0.6 is 0 Å². The number of morpholine rings is 1. The molecule has 23 heavy (non-hydrogen) atoms. The predicted molar refractivity (Wildman–Crippen MR) is 88.4 cm³/mol. The number of hydrogen-bond donors (Lipinski definition) is 1. The molecule has 1 aliphatic heterocycles. The summed E-state index contributed by atoms with van der Waals surface area (Å²) in [5.41, 5.74) is 3.29. The van der Waals surface area contributed by atoms with Gasteiger partial charge in [-0.15, -0.1) is 0 Å². The second kappa shape index (κ2) is 6.64. The average molecular weight is 316 g/mol. The summed E-state index contributed by atoms with van der Waals surface area (Å²) in [5, 5.41) is 7.12. The third kappa shape index (κ3) is 3.51. The fourth-order valence-corrected chi connectivity index (χ4v) is 2.77. The van der Waals surface area contributed by atoms with E-state index in [-0.39, 0.29) is 6.04 Å². The number of nitrogens with zero attached hydrogens (tertiary/aromatic N) is 5. The van der Waals surface area contributed by atoms with Gasteiger partial charge in [-0.05, 0) is 13.8 Å². The van der Waals surface area contributed by atoms with Gasteiger partial charge in [0.2, 0.25) is 0 Å². The maximum absolute atomic E-state index is 5.70. The van der Waals surface area contributed by atoms with Crippen LogP contribution in [0.5, 0.6) is 0 Å². The molecular formula is C16H24N6O. The Morgan fingerprint density at radius 3 is 2.87 bits per heavy atom. The zero-order valence-corrected chi connectivity index (χ0v) is 14.2. The van der Waals surface area contributed by atoms with E-state index in [1.807, 2.05) is 45.1 Å². The Labute approximate surface area is 136 Å². The van der Waals surface area contributed by atoms with Gasteiger partial charge in [0.1, 0.15) is 11.6 Å². The molecule has 2 aromatic rings. The molecule has 1 atom stereocenters. The number of H-pyrrole nitrogens is 1. The van der Waals surface area contributed by atoms with E-state index in [1.165, 1.54) is 5.56 Å². The van der Waals surface area contributed by atoms with Crippen molar-refractivity contribution in [2.24, 2.45) is 0 Å². The quantitative estimate of drug-likeness (QED) is 0.921. The zero-order chi connectivity index (χ0) is 16.4. The van der Waals surface area contributed by atoms with E-state index in [1.54, 1.807) is 0 Å². The first-order valence-electron chi connectivity index (χ1n) is 7.88. The smallest absolute Gasteiger partial charge is 0.150 e. The van der Waals surface area contributed by atoms with Crippen LogP contribution in [0.4, 0.5) is 5.82 Å². The van der Waals surface area contributed by atoms with Crippen molar-refractivity contribution in [3.05, 3.63) is 35.0 Å². The molecule has 0 radical (unpaired) electrons. The Hall–Kier alpha value is -1.99. The van der Waals surface area contributed by atoms with Crippen molar-refractivity contribution in [1.82, 2.24) is 25.1 Å². The second-order valence-corrected chi connectivity index (χ2v) is 6.20. The van der Waals surface area contributed by atoms with Crippen LogP contribution in [0.1, 0.15) is 28.8 Å². The van der Waals surface area contributed by atoms with E-state index in [9.17, 15) is 0 Å². The molecule has 124 valence electrons. The van der Waals surface area contributed by atoms with Crippen LogP contribution in [0.2, 0.25) is 0 Å². The lowest BCUT2D eigenvalue weighted by molar-refractivity contribution is -0.0160. The number of hydrogen-bond acceptors (Lipinski definition) is 6. The number of anilines is 1. The molecule has 0 saturated carbocycles. The Morgan fingerprint density at radius 1 is 1.35 bits per heavy atom. The number of aromatic amines is 1. The third-order valence-corrected chi connectivity index (χ3v) is 4.16. The minimum Gasteiger partial charge on any atom is -0.378 e. The summed E-state index contributed by atoms with van der Waals surface area (Å²) in [6, 6.07) is 2.06. The number of aromatic nitrogens is 4. The van der Waals surface area contributed by atoms with Gasteiger partial charge in [0.15, 0.2) is 0 Å². The molecule has 1 saturated heterocycles. The zero-order valence-electron chi connectivity index (χ0n) is 14.2. The normalized spacial score (nSPS) is 19.0. The summed E-state index contributed by atoms with van der Waals surface area (Å²) < 4.78 is 5.70. The minimum absolute atomic E-state index is 0.0663. The highest BCUT2D eigenvalue weighted by Gasteiger charge is 2.28. The monoisotopic (exact) mass is 316 g/mol. The summed E-state index contributed by atoms with van der Waals surface area (Å²) >= 11 is 0. The molecule has 1 aliphatic rings. The Balaban J connectivity index is 1.88. The molecule has 0 aromatic carbocycles. The van der Waals surface area contributed by atoms with E-state index in [0.29, 0.717) is 6.61 Å². The van der Waals surface area contributed by atoms with Crippen molar-refractivity contribution in [1.29, 1.82) is 0 Å². The summed E-state index contributed by atoms with van der Waals surface area (Å²) in [6.45, 7) is 7.10. The maximum Gasteiger partial charge on any atom is 0.150 e. The topological polar surface area (TPSA) is 70.2 Å². The molecule has 0 amide bonds. The fourth-order valence-electron chi connectivity index (χ4n) is 2.77. The Bertz CT molecular complexity index is 668. The van der Waals surface area contributed by atoms with Gasteiger partial charge in [-0.1, -0.05) is 0 Å². The molecule has 0 bridgehead atoms. The lowest BCUT2D eigenvalue weighted by Crippen LogP contribution is -2.40. The first kappa shape index (κ1) is 15.9. The first-order chi connectivity index (χ1) is 11.0. The van der Waals surface area contributed by atoms with Gasteiger partial charge in [-0.2, -0.15) is 5.10 Å². The first-order valence-corrected chi connectivity index (χ1v) is 7.88. The molecule has 0 unspecified atom stereocenters. The average Bonchev–Trinajstić information content (AvgIpc) is 2.92. The predicted octanol–water partition coefficient (Wildman–Crippen LogP) is 1.46. The molecule has 3 rings (SSSR count). The van der Waals surface area contributed by atoms with E-state index in [4.69, 9.17) is 9.72 Å². The molecular weight excluding hydrogens is 292 g/mol. The van der Waals surface area contributed by atoms with Crippen LogP contribution in [0, 0.1) is 13.8 Å². The van der Waals surface area contributed by atoms with Crippen molar-refractivity contribution in [3.63, 3.8) is 0 Å². The molecule has 1 N–H and O–H groups in total. The lowest BCUT2D eigenvalue weighted by Gasteiger charge is -2.34. The van der Waals surface area contributed by atoms with Crippen molar-refractivity contribution < 1.29 is 4.74 Å². The largest absolute Gasteiger partial charge is 0.378 e. The van der Waals surface area contributed by atoms with E-state index < -0.39 is 0 Å². The summed E-state index contributed by atoms with van der Waals surface area (Å²) in [6.07, 6.45) is 1.89. The van der Waals surface area contributed by atoms with Crippen LogP contribution in [0.15, 0.2) is 12.3 Å². The van der Waals surface area contributed by atoms with E-state index >= 15 is 0 Å². The highest BCUT2D eigenvalue weighted by Crippen LogP contribution is 2.25. The molecule has 7 heteroatoms. The van der Waals surface area contributed by atoms with Crippen molar-refractivity contribution in [2.75, 3.05) is 38.8 Å². The van der Waals surface area contributed by atoms with Gasteiger partial charge in [-0.25, -0.2) is 9.97 Å². The van der Waals surface area contributed by atoms with Crippen LogP contribution < -0.4 is 4.90 Å². The van der Waals surface area contributed by atoms with Gasteiger partial charge in [0.05, 0.1) is 25.5 Å². The molecule has 1 fully saturated rings. The molecule has 0 aliphatic carbocycles. The van der Waals surface area contributed by atoms with E-state index in [0.717, 1.165) is 42.7 Å². The standard InChI is InChI=1S/C16H24N6O/c1-11-7-15(21(3)4)19-16(18-11)14-10-23-6-5-22(14)9-13-8-17-20-12(13)2/h7-8,14H,5-6,9-10H2,1-4H3,(H,17,20)/t14-/m1/s1. The SMILES string of the molecule is Cc1cc(N(C)C)nc([C@H]2COCCN2Cc2cn[nH]c2C)n1. The fraction of sp³-hybridized carbons (Fsp3) is 0.562. The minimum atomic E-state index is 0.0663. The van der Waals surface area contributed by atoms with Crippen LogP contribution in [-0.2, 0) is 11.3 Å². The Kier molecular flexibility index (Phi) is 4.58. The highest BCUT2D eigenvalue weighted by atomic mass is 16.5. The maximum atomic E-state index is 5.70. The van der Waals surface area contributed by atoms with Crippen LogP contribution in [0.3, 0.4) is 0 Å². The number of nitrogens with one attached hydrogen (secondary N) is 1. The van der Waals surface area contributed by atoms with Gasteiger partial charge in [0.25, 0.3) is 0 Å². The van der Waals surface area contributed by atoms with Gasteiger partial charge >= 0.3 is 0 Å². The number of ether oxygens (including phenoxy) is 1. The van der Waals surface area contributed by atoms with Crippen molar-refractivity contribution >= 4 is 5.82 Å². The number of aryl methyl sites for hydroxylation is 2. The molecule has 0 spiro atoms. The van der Waals surface area contributed by atoms with Crippen molar-refractivity contribution in [2.45, 2.75) is 26.4 Å². The highest BCUT2D eigenvalue weighted by molar-refractivity contribution is 5.38. The van der Waals surface area contributed by atoms with Gasteiger partial charge in [0, 0.05) is 50.2 Å². The van der Waals surface area contributed by atoms with Gasteiger partial charge < -0.3 is 9.64 Å². The molecule has 7 nitrogen and oxygen atoms in total. The summed E-state index contributed by atoms with van der Waals surface area (Å²) in [7, 11) is 3.99. The van der Waals surface area contributed by atoms with Crippen molar-refractivity contribution in [3.8, 4) is 0 Å². The summed E-state index contributed by atoms with van der Waals surface area (Å²) in [5.74, 6) is 1.76. The molecule has 3 heterocycles. The Morgan fingerprint density at radius 2 is 2.17 bits per heavy atom. The van der Waals surface area contributed by atoms with E-state index in [2.05, 4.69) is 20.1 Å². The summed E-state index contributed by atoms with van der Waals surface area (Å²) in [4.78, 5) is 13.8. The van der Waals surface area contributed by atoms with Gasteiger partial charge in [-0.3, -0.25) is 10.00 Å². The van der Waals surface area contributed by atoms with Crippen LogP contribution in [-0.4, -0.2) is 58.9 Å².